The second-order valence-electron chi connectivity index (χ2n) is 3.99. The van der Waals surface area contributed by atoms with Gasteiger partial charge in [-0.2, -0.15) is 0 Å². The molecule has 0 saturated heterocycles. The number of carboxylic acids is 1. The summed E-state index contributed by atoms with van der Waals surface area (Å²) >= 11 is 0. The number of carboxylic acid groups (broad SMARTS) is 1. The van der Waals surface area contributed by atoms with Gasteiger partial charge in [0.1, 0.15) is 5.56 Å². The Kier molecular flexibility index (Phi) is 3.66. The molecule has 1 heterocycles. The Bertz CT molecular complexity index is 741. The highest BCUT2D eigenvalue weighted by molar-refractivity contribution is 5.86. The number of aryl methyl sites for hydroxylation is 1. The molecule has 0 aliphatic rings. The molecule has 2 aromatic rings. The minimum absolute atomic E-state index is 0.0523. The van der Waals surface area contributed by atoms with Crippen molar-refractivity contribution in [2.24, 2.45) is 0 Å². The quantitative estimate of drug-likeness (QED) is 0.687. The Labute approximate surface area is 116 Å². The van der Waals surface area contributed by atoms with E-state index in [1.807, 2.05) is 0 Å². The molecule has 0 aliphatic carbocycles. The molecular formula is C12H8F2N2O5. The molecule has 21 heavy (non-hydrogen) atoms. The number of benzene rings is 1. The molecule has 0 unspecified atom stereocenters. The number of halogens is 2. The van der Waals surface area contributed by atoms with Gasteiger partial charge in [-0.1, -0.05) is 6.92 Å². The average Bonchev–Trinajstić information content (AvgIpc) is 2.85. The van der Waals surface area contributed by atoms with Gasteiger partial charge < -0.3 is 9.52 Å². The molecule has 0 atom stereocenters. The highest BCUT2D eigenvalue weighted by atomic mass is 19.2. The first-order valence-corrected chi connectivity index (χ1v) is 5.72. The van der Waals surface area contributed by atoms with Crippen molar-refractivity contribution in [1.29, 1.82) is 0 Å². The third-order valence-corrected chi connectivity index (χ3v) is 2.69. The number of nitro groups is 1. The molecule has 0 bridgehead atoms. The first kappa shape index (κ1) is 14.6. The predicted octanol–water partition coefficient (Wildman–Crippen LogP) is 2.79. The van der Waals surface area contributed by atoms with E-state index < -0.39 is 45.4 Å². The lowest BCUT2D eigenvalue weighted by molar-refractivity contribution is -0.384. The summed E-state index contributed by atoms with van der Waals surface area (Å²) in [6.45, 7) is 1.60. The molecule has 1 aromatic carbocycles. The van der Waals surface area contributed by atoms with Crippen LogP contribution in [-0.4, -0.2) is 21.0 Å². The van der Waals surface area contributed by atoms with Crippen LogP contribution < -0.4 is 0 Å². The monoisotopic (exact) mass is 298 g/mol. The molecule has 110 valence electrons. The molecular weight excluding hydrogens is 290 g/mol. The average molecular weight is 298 g/mol. The summed E-state index contributed by atoms with van der Waals surface area (Å²) in [7, 11) is 0. The molecule has 2 rings (SSSR count). The summed E-state index contributed by atoms with van der Waals surface area (Å²) in [6, 6.07) is 0.936. The van der Waals surface area contributed by atoms with E-state index >= 15 is 0 Å². The fourth-order valence-corrected chi connectivity index (χ4v) is 1.73. The van der Waals surface area contributed by atoms with E-state index in [2.05, 4.69) is 4.98 Å². The normalized spacial score (nSPS) is 10.6. The summed E-state index contributed by atoms with van der Waals surface area (Å²) in [5.74, 6) is -5.08. The van der Waals surface area contributed by atoms with Crippen LogP contribution in [0.3, 0.4) is 0 Å². The van der Waals surface area contributed by atoms with Gasteiger partial charge in [-0.3, -0.25) is 10.1 Å². The van der Waals surface area contributed by atoms with Crippen molar-refractivity contribution >= 4 is 11.7 Å². The number of aromatic carboxylic acids is 1. The van der Waals surface area contributed by atoms with Gasteiger partial charge >= 0.3 is 5.97 Å². The van der Waals surface area contributed by atoms with Gasteiger partial charge in [-0.15, -0.1) is 0 Å². The molecule has 0 spiro atoms. The molecule has 0 aliphatic heterocycles. The largest absolute Gasteiger partial charge is 0.475 e. The lowest BCUT2D eigenvalue weighted by Crippen LogP contribution is -1.98. The van der Waals surface area contributed by atoms with Gasteiger partial charge in [-0.25, -0.2) is 18.6 Å². The van der Waals surface area contributed by atoms with Gasteiger partial charge in [0.25, 0.3) is 5.69 Å². The van der Waals surface area contributed by atoms with E-state index in [1.54, 1.807) is 6.92 Å². The zero-order chi connectivity index (χ0) is 15.7. The number of hydrogen-bond donors (Lipinski definition) is 1. The van der Waals surface area contributed by atoms with E-state index in [0.29, 0.717) is 12.1 Å². The molecule has 0 saturated carbocycles. The van der Waals surface area contributed by atoms with Crippen molar-refractivity contribution < 1.29 is 28.0 Å². The summed E-state index contributed by atoms with van der Waals surface area (Å²) in [5.41, 5.74) is -1.15. The SMILES string of the molecule is CCc1nc(-c2cc(F)c(F)cc2[N+](=O)[O-])oc1C(=O)O. The van der Waals surface area contributed by atoms with Gasteiger partial charge in [-0.05, 0) is 12.5 Å². The van der Waals surface area contributed by atoms with Gasteiger partial charge in [0, 0.05) is 0 Å². The Hall–Kier alpha value is -2.84. The Morgan fingerprint density at radius 3 is 2.52 bits per heavy atom. The topological polar surface area (TPSA) is 106 Å². The minimum atomic E-state index is -1.41. The van der Waals surface area contributed by atoms with Crippen LogP contribution >= 0.6 is 0 Å². The van der Waals surface area contributed by atoms with Crippen molar-refractivity contribution in [2.75, 3.05) is 0 Å². The minimum Gasteiger partial charge on any atom is -0.475 e. The van der Waals surface area contributed by atoms with Gasteiger partial charge in [0.2, 0.25) is 11.7 Å². The second kappa shape index (κ2) is 5.27. The van der Waals surface area contributed by atoms with E-state index in [-0.39, 0.29) is 12.1 Å². The number of nitrogens with zero attached hydrogens (tertiary/aromatic N) is 2. The number of carbonyl (C=O) groups is 1. The molecule has 9 heteroatoms. The highest BCUT2D eigenvalue weighted by Gasteiger charge is 2.26. The number of aromatic nitrogens is 1. The summed E-state index contributed by atoms with van der Waals surface area (Å²) in [5, 5.41) is 19.8. The van der Waals surface area contributed by atoms with E-state index in [0.717, 1.165) is 0 Å². The lowest BCUT2D eigenvalue weighted by atomic mass is 10.1. The third-order valence-electron chi connectivity index (χ3n) is 2.69. The maximum Gasteiger partial charge on any atom is 0.373 e. The zero-order valence-corrected chi connectivity index (χ0v) is 10.6. The summed E-state index contributed by atoms with van der Waals surface area (Å²) in [4.78, 5) is 24.7. The molecule has 0 fully saturated rings. The van der Waals surface area contributed by atoms with Crippen LogP contribution in [0.15, 0.2) is 16.5 Å². The van der Waals surface area contributed by atoms with Crippen LogP contribution in [0.4, 0.5) is 14.5 Å². The zero-order valence-electron chi connectivity index (χ0n) is 10.6. The first-order valence-electron chi connectivity index (χ1n) is 5.72. The van der Waals surface area contributed by atoms with E-state index in [4.69, 9.17) is 9.52 Å². The number of nitro benzene ring substituents is 1. The molecule has 0 amide bonds. The number of oxazole rings is 1. The van der Waals surface area contributed by atoms with Crippen LogP contribution in [0.2, 0.25) is 0 Å². The maximum atomic E-state index is 13.3. The Balaban J connectivity index is 2.69. The van der Waals surface area contributed by atoms with Crippen molar-refractivity contribution in [3.63, 3.8) is 0 Å². The van der Waals surface area contributed by atoms with Crippen molar-refractivity contribution in [1.82, 2.24) is 4.98 Å². The standard InChI is InChI=1S/C12H8F2N2O5/c1-2-8-10(12(17)18)21-11(15-8)5-3-6(13)7(14)4-9(5)16(19)20/h3-4H,2H2,1H3,(H,17,18). The second-order valence-corrected chi connectivity index (χ2v) is 3.99. The fraction of sp³-hybridized carbons (Fsp3) is 0.167. The number of rotatable bonds is 4. The predicted molar refractivity (Wildman–Crippen MR) is 64.8 cm³/mol. The maximum absolute atomic E-state index is 13.3. The van der Waals surface area contributed by atoms with Crippen LogP contribution in [0.5, 0.6) is 0 Å². The Morgan fingerprint density at radius 1 is 1.43 bits per heavy atom. The fourth-order valence-electron chi connectivity index (χ4n) is 1.73. The summed E-state index contributed by atoms with van der Waals surface area (Å²) in [6.07, 6.45) is 0.197. The summed E-state index contributed by atoms with van der Waals surface area (Å²) < 4.78 is 31.3. The smallest absolute Gasteiger partial charge is 0.373 e. The van der Waals surface area contributed by atoms with Crippen molar-refractivity contribution in [2.45, 2.75) is 13.3 Å². The van der Waals surface area contributed by atoms with Gasteiger partial charge in [0.05, 0.1) is 16.7 Å². The van der Waals surface area contributed by atoms with E-state index in [1.165, 1.54) is 0 Å². The number of hydrogen-bond acceptors (Lipinski definition) is 5. The van der Waals surface area contributed by atoms with Crippen molar-refractivity contribution in [3.8, 4) is 11.5 Å². The molecule has 7 nitrogen and oxygen atoms in total. The van der Waals surface area contributed by atoms with Crippen LogP contribution in [0.1, 0.15) is 23.2 Å². The van der Waals surface area contributed by atoms with Crippen LogP contribution in [0, 0.1) is 21.7 Å². The van der Waals surface area contributed by atoms with Crippen LogP contribution in [-0.2, 0) is 6.42 Å². The lowest BCUT2D eigenvalue weighted by Gasteiger charge is -2.00. The highest BCUT2D eigenvalue weighted by Crippen LogP contribution is 2.32. The first-order chi connectivity index (χ1) is 9.85. The Morgan fingerprint density at radius 2 is 2.05 bits per heavy atom. The van der Waals surface area contributed by atoms with E-state index in [9.17, 15) is 23.7 Å². The van der Waals surface area contributed by atoms with Crippen LogP contribution in [0.25, 0.3) is 11.5 Å². The molecule has 0 radical (unpaired) electrons. The molecule has 1 N–H and O–H groups in total. The third kappa shape index (κ3) is 2.57. The van der Waals surface area contributed by atoms with Gasteiger partial charge in [0.15, 0.2) is 11.6 Å². The molecule has 1 aromatic heterocycles. The van der Waals surface area contributed by atoms with Crippen molar-refractivity contribution in [3.05, 3.63) is 45.3 Å².